The van der Waals surface area contributed by atoms with Crippen molar-refractivity contribution in [3.05, 3.63) is 47.9 Å². The van der Waals surface area contributed by atoms with Crippen molar-refractivity contribution in [2.24, 2.45) is 11.5 Å². The molecule has 19 heavy (non-hydrogen) atoms. The van der Waals surface area contributed by atoms with E-state index >= 15 is 0 Å². The van der Waals surface area contributed by atoms with Gasteiger partial charge in [-0.05, 0) is 12.1 Å². The fourth-order valence-electron chi connectivity index (χ4n) is 1.43. The van der Waals surface area contributed by atoms with Crippen LogP contribution in [-0.2, 0) is 0 Å². The fraction of sp³-hybridized carbons (Fsp3) is 0. The quantitative estimate of drug-likeness (QED) is 0.732. The SMILES string of the molecule is NC(=O)c1cnc(C(N)=O)c(Nc2ccccc2)n1. The van der Waals surface area contributed by atoms with E-state index in [0.29, 0.717) is 5.69 Å². The van der Waals surface area contributed by atoms with Gasteiger partial charge in [0.1, 0.15) is 5.69 Å². The highest BCUT2D eigenvalue weighted by atomic mass is 16.1. The molecule has 0 aliphatic heterocycles. The summed E-state index contributed by atoms with van der Waals surface area (Å²) in [6.07, 6.45) is 1.11. The lowest BCUT2D eigenvalue weighted by atomic mass is 10.3. The third-order valence-corrected chi connectivity index (χ3v) is 2.29. The van der Waals surface area contributed by atoms with E-state index in [1.165, 1.54) is 0 Å². The summed E-state index contributed by atoms with van der Waals surface area (Å²) in [6, 6.07) is 8.98. The molecule has 7 nitrogen and oxygen atoms in total. The van der Waals surface area contributed by atoms with E-state index < -0.39 is 11.8 Å². The van der Waals surface area contributed by atoms with Crippen LogP contribution in [0.2, 0.25) is 0 Å². The van der Waals surface area contributed by atoms with E-state index in [4.69, 9.17) is 11.5 Å². The number of para-hydroxylation sites is 1. The van der Waals surface area contributed by atoms with Crippen molar-refractivity contribution < 1.29 is 9.59 Å². The fourth-order valence-corrected chi connectivity index (χ4v) is 1.43. The highest BCUT2D eigenvalue weighted by Crippen LogP contribution is 2.17. The molecule has 0 spiro atoms. The van der Waals surface area contributed by atoms with Gasteiger partial charge in [0.25, 0.3) is 11.8 Å². The molecule has 0 saturated carbocycles. The van der Waals surface area contributed by atoms with Gasteiger partial charge in [0.15, 0.2) is 11.5 Å². The minimum Gasteiger partial charge on any atom is -0.364 e. The predicted molar refractivity (Wildman–Crippen MR) is 68.8 cm³/mol. The molecule has 0 saturated heterocycles. The number of nitrogens with one attached hydrogen (secondary N) is 1. The first-order chi connectivity index (χ1) is 9.08. The number of hydrogen-bond acceptors (Lipinski definition) is 5. The van der Waals surface area contributed by atoms with Crippen LogP contribution in [0.25, 0.3) is 0 Å². The molecule has 1 heterocycles. The second-order valence-electron chi connectivity index (χ2n) is 3.67. The molecule has 5 N–H and O–H groups in total. The summed E-state index contributed by atoms with van der Waals surface area (Å²) in [7, 11) is 0. The van der Waals surface area contributed by atoms with Crippen LogP contribution >= 0.6 is 0 Å². The molecule has 0 aliphatic rings. The molecule has 0 unspecified atom stereocenters. The van der Waals surface area contributed by atoms with Gasteiger partial charge in [0.2, 0.25) is 0 Å². The van der Waals surface area contributed by atoms with Crippen molar-refractivity contribution in [1.82, 2.24) is 9.97 Å². The normalized spacial score (nSPS) is 9.89. The van der Waals surface area contributed by atoms with Crippen LogP contribution in [0.4, 0.5) is 11.5 Å². The van der Waals surface area contributed by atoms with E-state index in [-0.39, 0.29) is 17.2 Å². The number of carbonyl (C=O) groups excluding carboxylic acids is 2. The van der Waals surface area contributed by atoms with E-state index in [0.717, 1.165) is 6.20 Å². The number of anilines is 2. The second-order valence-corrected chi connectivity index (χ2v) is 3.67. The summed E-state index contributed by atoms with van der Waals surface area (Å²) in [4.78, 5) is 30.1. The Labute approximate surface area is 108 Å². The van der Waals surface area contributed by atoms with Crippen molar-refractivity contribution in [3.8, 4) is 0 Å². The van der Waals surface area contributed by atoms with Crippen molar-refractivity contribution in [2.45, 2.75) is 0 Å². The van der Waals surface area contributed by atoms with Crippen LogP contribution in [0.3, 0.4) is 0 Å². The molecular weight excluding hydrogens is 246 g/mol. The molecule has 1 aromatic heterocycles. The highest BCUT2D eigenvalue weighted by Gasteiger charge is 2.14. The van der Waals surface area contributed by atoms with Crippen LogP contribution in [-0.4, -0.2) is 21.8 Å². The summed E-state index contributed by atoms with van der Waals surface area (Å²) >= 11 is 0. The number of rotatable bonds is 4. The first-order valence-corrected chi connectivity index (χ1v) is 5.36. The Morgan fingerprint density at radius 1 is 1.05 bits per heavy atom. The van der Waals surface area contributed by atoms with Crippen molar-refractivity contribution in [3.63, 3.8) is 0 Å². The Kier molecular flexibility index (Phi) is 3.37. The first kappa shape index (κ1) is 12.5. The molecule has 0 aliphatic carbocycles. The highest BCUT2D eigenvalue weighted by molar-refractivity contribution is 5.97. The first-order valence-electron chi connectivity index (χ1n) is 5.36. The van der Waals surface area contributed by atoms with E-state index in [2.05, 4.69) is 15.3 Å². The molecule has 0 bridgehead atoms. The largest absolute Gasteiger partial charge is 0.364 e. The Bertz CT molecular complexity index is 627. The zero-order valence-electron chi connectivity index (χ0n) is 9.83. The molecule has 0 fully saturated rings. The van der Waals surface area contributed by atoms with Crippen LogP contribution < -0.4 is 16.8 Å². The molecule has 0 radical (unpaired) electrons. The molecule has 0 atom stereocenters. The smallest absolute Gasteiger partial charge is 0.271 e. The van der Waals surface area contributed by atoms with Gasteiger partial charge in [-0.15, -0.1) is 0 Å². The van der Waals surface area contributed by atoms with Crippen molar-refractivity contribution in [2.75, 3.05) is 5.32 Å². The van der Waals surface area contributed by atoms with Gasteiger partial charge in [0.05, 0.1) is 6.20 Å². The van der Waals surface area contributed by atoms with E-state index in [9.17, 15) is 9.59 Å². The average molecular weight is 257 g/mol. The number of aromatic nitrogens is 2. The second kappa shape index (κ2) is 5.13. The Balaban J connectivity index is 2.43. The lowest BCUT2D eigenvalue weighted by molar-refractivity contribution is 0.0981. The summed E-state index contributed by atoms with van der Waals surface area (Å²) in [6.45, 7) is 0. The topological polar surface area (TPSA) is 124 Å². The van der Waals surface area contributed by atoms with Gasteiger partial charge >= 0.3 is 0 Å². The molecule has 1 aromatic carbocycles. The molecule has 2 rings (SSSR count). The summed E-state index contributed by atoms with van der Waals surface area (Å²) < 4.78 is 0. The Morgan fingerprint density at radius 2 is 1.74 bits per heavy atom. The number of hydrogen-bond donors (Lipinski definition) is 3. The maximum absolute atomic E-state index is 11.3. The summed E-state index contributed by atoms with van der Waals surface area (Å²) in [5, 5.41) is 2.87. The van der Waals surface area contributed by atoms with Crippen LogP contribution in [0.15, 0.2) is 36.5 Å². The van der Waals surface area contributed by atoms with Gasteiger partial charge in [0, 0.05) is 5.69 Å². The maximum atomic E-state index is 11.3. The molecule has 2 aromatic rings. The number of nitrogens with zero attached hydrogens (tertiary/aromatic N) is 2. The van der Waals surface area contributed by atoms with E-state index in [1.807, 2.05) is 6.07 Å². The van der Waals surface area contributed by atoms with Crippen LogP contribution in [0.5, 0.6) is 0 Å². The van der Waals surface area contributed by atoms with Crippen molar-refractivity contribution >= 4 is 23.3 Å². The van der Waals surface area contributed by atoms with E-state index in [1.54, 1.807) is 24.3 Å². The summed E-state index contributed by atoms with van der Waals surface area (Å²) in [5.74, 6) is -1.39. The zero-order chi connectivity index (χ0) is 13.8. The van der Waals surface area contributed by atoms with Crippen molar-refractivity contribution in [1.29, 1.82) is 0 Å². The van der Waals surface area contributed by atoms with Gasteiger partial charge < -0.3 is 16.8 Å². The molecular formula is C12H11N5O2. The third kappa shape index (κ3) is 2.83. The Hall–Kier alpha value is -2.96. The van der Waals surface area contributed by atoms with Crippen LogP contribution in [0, 0.1) is 0 Å². The van der Waals surface area contributed by atoms with Gasteiger partial charge in [-0.2, -0.15) is 0 Å². The number of nitrogens with two attached hydrogens (primary N) is 2. The minimum atomic E-state index is -0.748. The number of amides is 2. The third-order valence-electron chi connectivity index (χ3n) is 2.29. The lowest BCUT2D eigenvalue weighted by Crippen LogP contribution is -2.20. The number of carbonyl (C=O) groups is 2. The summed E-state index contributed by atoms with van der Waals surface area (Å²) in [5.41, 5.74) is 10.9. The van der Waals surface area contributed by atoms with Gasteiger partial charge in [-0.25, -0.2) is 9.97 Å². The Morgan fingerprint density at radius 3 is 2.32 bits per heavy atom. The van der Waals surface area contributed by atoms with Gasteiger partial charge in [-0.3, -0.25) is 9.59 Å². The van der Waals surface area contributed by atoms with Crippen LogP contribution in [0.1, 0.15) is 21.0 Å². The maximum Gasteiger partial charge on any atom is 0.271 e. The monoisotopic (exact) mass is 257 g/mol. The number of primary amides is 2. The zero-order valence-corrected chi connectivity index (χ0v) is 9.83. The van der Waals surface area contributed by atoms with Gasteiger partial charge in [-0.1, -0.05) is 18.2 Å². The predicted octanol–water partition coefficient (Wildman–Crippen LogP) is 0.418. The molecule has 7 heteroatoms. The minimum absolute atomic E-state index is 0.0524. The molecule has 2 amide bonds. The lowest BCUT2D eigenvalue weighted by Gasteiger charge is -2.09. The molecule has 96 valence electrons. The average Bonchev–Trinajstić information content (AvgIpc) is 2.39. The number of benzene rings is 1. The standard InChI is InChI=1S/C12H11N5O2/c13-10(18)8-6-15-9(11(14)19)12(17-8)16-7-4-2-1-3-5-7/h1-6H,(H2,13,18)(H2,14,19)(H,16,17).